The van der Waals surface area contributed by atoms with E-state index >= 15 is 26.3 Å². The molecule has 0 atom stereocenters. The van der Waals surface area contributed by atoms with Gasteiger partial charge in [0.05, 0.1) is 16.7 Å². The van der Waals surface area contributed by atoms with Gasteiger partial charge in [0.25, 0.3) is 17.7 Å². The van der Waals surface area contributed by atoms with Gasteiger partial charge in [-0.05, 0) is 109 Å². The first-order chi connectivity index (χ1) is 27.9. The number of benzene rings is 4. The third kappa shape index (κ3) is 8.24. The lowest BCUT2D eigenvalue weighted by Gasteiger charge is -2.38. The van der Waals surface area contributed by atoms with E-state index in [0.717, 1.165) is 35.4 Å². The van der Waals surface area contributed by atoms with Crippen LogP contribution in [0, 0.1) is 0 Å². The Morgan fingerprint density at radius 2 is 1.12 bits per heavy atom. The standard InChI is InChI=1S/C46H45F6N3O5/c1-8-42(5,6)29-14-11-28(12-15-29)13-24-38(57)53-32-18-20-33(21-19-32)54-39(58)36-25-30(16-22-34(36)27(4)56)44(45(47,48)49,46(50,51)52)31-17-23-35-37(26-31)41(60)55(40(35)59)43(7,9-2)10-3/h11-26H,8-10H2,1-7H3,(H,53,57)(H,54,58)/b24-13+. The molecule has 14 heteroatoms. The number of hydrogen-bond donors (Lipinski definition) is 2. The van der Waals surface area contributed by atoms with E-state index in [9.17, 15) is 24.0 Å². The van der Waals surface area contributed by atoms with Gasteiger partial charge in [0.15, 0.2) is 5.78 Å². The molecule has 316 valence electrons. The van der Waals surface area contributed by atoms with Crippen LogP contribution in [0.15, 0.2) is 91.0 Å². The van der Waals surface area contributed by atoms with Crippen molar-refractivity contribution in [1.29, 1.82) is 0 Å². The van der Waals surface area contributed by atoms with E-state index in [1.54, 1.807) is 26.8 Å². The first kappa shape index (κ1) is 45.0. The first-order valence-corrected chi connectivity index (χ1v) is 19.3. The van der Waals surface area contributed by atoms with Crippen LogP contribution in [0.4, 0.5) is 37.7 Å². The Labute approximate surface area is 344 Å². The smallest absolute Gasteiger partial charge is 0.323 e. The zero-order valence-corrected chi connectivity index (χ0v) is 34.1. The van der Waals surface area contributed by atoms with Crippen molar-refractivity contribution in [3.63, 3.8) is 0 Å². The second kappa shape index (κ2) is 16.5. The fraction of sp³-hybridized carbons (Fsp3) is 0.326. The minimum absolute atomic E-state index is 0.00270. The number of anilines is 2. The predicted octanol–water partition coefficient (Wildman–Crippen LogP) is 11.1. The summed E-state index contributed by atoms with van der Waals surface area (Å²) in [7, 11) is 0. The van der Waals surface area contributed by atoms with Gasteiger partial charge in [0, 0.05) is 28.6 Å². The van der Waals surface area contributed by atoms with Gasteiger partial charge in [-0.25, -0.2) is 0 Å². The van der Waals surface area contributed by atoms with Crippen molar-refractivity contribution in [2.24, 2.45) is 0 Å². The molecule has 4 aromatic rings. The highest BCUT2D eigenvalue weighted by Gasteiger charge is 2.73. The Morgan fingerprint density at radius 1 is 0.617 bits per heavy atom. The second-order valence-electron chi connectivity index (χ2n) is 15.7. The molecular formula is C46H45F6N3O5. The molecular weight excluding hydrogens is 789 g/mol. The lowest BCUT2D eigenvalue weighted by atomic mass is 9.71. The number of nitrogens with zero attached hydrogens (tertiary/aromatic N) is 1. The number of rotatable bonds is 13. The Balaban J connectivity index is 1.46. The van der Waals surface area contributed by atoms with Crippen LogP contribution in [0.5, 0.6) is 0 Å². The Morgan fingerprint density at radius 3 is 1.63 bits per heavy atom. The van der Waals surface area contributed by atoms with Crippen LogP contribution in [0.2, 0.25) is 0 Å². The number of amides is 4. The molecule has 0 saturated heterocycles. The zero-order chi connectivity index (χ0) is 44.6. The monoisotopic (exact) mass is 833 g/mol. The van der Waals surface area contributed by atoms with Gasteiger partial charge in [-0.2, -0.15) is 26.3 Å². The topological polar surface area (TPSA) is 113 Å². The molecule has 2 N–H and O–H groups in total. The average molecular weight is 834 g/mol. The number of ketones is 1. The lowest BCUT2D eigenvalue weighted by Crippen LogP contribution is -2.55. The molecule has 0 bridgehead atoms. The number of nitrogens with one attached hydrogen (secondary N) is 2. The highest BCUT2D eigenvalue weighted by atomic mass is 19.4. The van der Waals surface area contributed by atoms with Crippen LogP contribution in [0.1, 0.15) is 131 Å². The van der Waals surface area contributed by atoms with E-state index in [1.165, 1.54) is 30.3 Å². The molecule has 4 aromatic carbocycles. The molecule has 0 radical (unpaired) electrons. The Bertz CT molecular complexity index is 2350. The normalized spacial score (nSPS) is 13.8. The highest BCUT2D eigenvalue weighted by molar-refractivity contribution is 6.22. The molecule has 4 amide bonds. The second-order valence-corrected chi connectivity index (χ2v) is 15.7. The van der Waals surface area contributed by atoms with Crippen molar-refractivity contribution >= 4 is 46.9 Å². The van der Waals surface area contributed by atoms with Crippen molar-refractivity contribution in [3.8, 4) is 0 Å². The van der Waals surface area contributed by atoms with Crippen molar-refractivity contribution in [2.75, 3.05) is 10.6 Å². The molecule has 8 nitrogen and oxygen atoms in total. The molecule has 60 heavy (non-hydrogen) atoms. The van der Waals surface area contributed by atoms with E-state index in [-0.39, 0.29) is 29.5 Å². The van der Waals surface area contributed by atoms with Crippen LogP contribution < -0.4 is 10.6 Å². The number of hydrogen-bond acceptors (Lipinski definition) is 5. The maximum absolute atomic E-state index is 15.3. The summed E-state index contributed by atoms with van der Waals surface area (Å²) in [6.45, 7) is 12.4. The van der Waals surface area contributed by atoms with Crippen LogP contribution >= 0.6 is 0 Å². The van der Waals surface area contributed by atoms with Crippen LogP contribution in [-0.4, -0.2) is 52.2 Å². The van der Waals surface area contributed by atoms with Crippen LogP contribution in [-0.2, 0) is 15.6 Å². The molecule has 0 saturated carbocycles. The Kier molecular flexibility index (Phi) is 12.4. The number of carbonyl (C=O) groups is 5. The quantitative estimate of drug-likeness (QED) is 0.0603. The summed E-state index contributed by atoms with van der Waals surface area (Å²) in [5, 5.41) is 5.06. The minimum atomic E-state index is -6.12. The fourth-order valence-electron chi connectivity index (χ4n) is 7.23. The van der Waals surface area contributed by atoms with E-state index in [0.29, 0.717) is 36.0 Å². The molecule has 1 heterocycles. The highest BCUT2D eigenvalue weighted by Crippen LogP contribution is 2.57. The summed E-state index contributed by atoms with van der Waals surface area (Å²) in [6.07, 6.45) is -7.78. The number of fused-ring (bicyclic) bond motifs is 1. The zero-order valence-electron chi connectivity index (χ0n) is 34.1. The lowest BCUT2D eigenvalue weighted by molar-refractivity contribution is -0.288. The van der Waals surface area contributed by atoms with Crippen LogP contribution in [0.25, 0.3) is 6.08 Å². The number of alkyl halides is 6. The van der Waals surface area contributed by atoms with Crippen molar-refractivity contribution in [2.45, 2.75) is 96.5 Å². The third-order valence-electron chi connectivity index (χ3n) is 11.7. The van der Waals surface area contributed by atoms with E-state index < -0.39 is 80.5 Å². The van der Waals surface area contributed by atoms with Gasteiger partial charge >= 0.3 is 12.4 Å². The fourth-order valence-corrected chi connectivity index (χ4v) is 7.23. The molecule has 0 unspecified atom stereocenters. The summed E-state index contributed by atoms with van der Waals surface area (Å²) in [5.41, 5.74) is -8.66. The molecule has 0 fully saturated rings. The van der Waals surface area contributed by atoms with Crippen molar-refractivity contribution < 1.29 is 50.3 Å². The number of carbonyl (C=O) groups excluding carboxylic acids is 5. The van der Waals surface area contributed by atoms with Crippen LogP contribution in [0.3, 0.4) is 0 Å². The minimum Gasteiger partial charge on any atom is -0.323 e. The maximum atomic E-state index is 15.3. The van der Waals surface area contributed by atoms with Gasteiger partial charge in [0.2, 0.25) is 11.3 Å². The van der Waals surface area contributed by atoms with E-state index in [4.69, 9.17) is 0 Å². The molecule has 0 aliphatic carbocycles. The third-order valence-corrected chi connectivity index (χ3v) is 11.7. The van der Waals surface area contributed by atoms with E-state index in [2.05, 4.69) is 31.4 Å². The number of Topliss-reactive ketones (excluding diaryl/α,β-unsaturated/α-hetero) is 1. The van der Waals surface area contributed by atoms with Gasteiger partial charge in [0.1, 0.15) is 0 Å². The summed E-state index contributed by atoms with van der Waals surface area (Å²) < 4.78 is 92.0. The number of imide groups is 1. The predicted molar refractivity (Wildman–Crippen MR) is 217 cm³/mol. The maximum Gasteiger partial charge on any atom is 0.411 e. The van der Waals surface area contributed by atoms with Gasteiger partial charge in [-0.15, -0.1) is 0 Å². The van der Waals surface area contributed by atoms with Crippen molar-refractivity contribution in [3.05, 3.63) is 136 Å². The summed E-state index contributed by atoms with van der Waals surface area (Å²) >= 11 is 0. The molecule has 1 aliphatic heterocycles. The van der Waals surface area contributed by atoms with Crippen molar-refractivity contribution in [1.82, 2.24) is 4.90 Å². The first-order valence-electron chi connectivity index (χ1n) is 19.3. The molecule has 5 rings (SSSR count). The van der Waals surface area contributed by atoms with Gasteiger partial charge in [-0.1, -0.05) is 77.1 Å². The number of halogens is 6. The van der Waals surface area contributed by atoms with Gasteiger partial charge < -0.3 is 10.6 Å². The summed E-state index contributed by atoms with van der Waals surface area (Å²) in [6, 6.07) is 16.5. The van der Waals surface area contributed by atoms with Gasteiger partial charge in [-0.3, -0.25) is 28.9 Å². The summed E-state index contributed by atoms with van der Waals surface area (Å²) in [5.74, 6) is -4.37. The van der Waals surface area contributed by atoms with E-state index in [1.807, 2.05) is 24.3 Å². The molecule has 0 aromatic heterocycles. The SMILES string of the molecule is CCC(C)(C)c1ccc(/C=C/C(=O)Nc2ccc(NC(=O)c3cc(C(c4ccc5c(c4)C(=O)N(C(C)(CC)CC)C5=O)(C(F)(F)F)C(F)(F)F)ccc3C(C)=O)cc2)cc1. The average Bonchev–Trinajstić information content (AvgIpc) is 3.45. The molecule has 0 spiro atoms. The largest absolute Gasteiger partial charge is 0.411 e. The Hall–Kier alpha value is -6.05. The summed E-state index contributed by atoms with van der Waals surface area (Å²) in [4.78, 5) is 66.6. The molecule has 1 aliphatic rings.